The molecule has 0 unspecified atom stereocenters. The van der Waals surface area contributed by atoms with Crippen LogP contribution in [0.4, 0.5) is 13.2 Å². The number of aliphatic hydroxyl groups is 1. The van der Waals surface area contributed by atoms with Crippen LogP contribution in [-0.2, 0) is 25.6 Å². The van der Waals surface area contributed by atoms with E-state index in [-0.39, 0.29) is 6.54 Å². The molecule has 0 aliphatic heterocycles. The maximum Gasteiger partial charge on any atom is 0.449 e. The summed E-state index contributed by atoms with van der Waals surface area (Å²) in [4.78, 5) is 27.1. The molecule has 6 nitrogen and oxygen atoms in total. The normalized spacial score (nSPS) is 13.1. The number of carbonyl (C=O) groups excluding carboxylic acids is 2. The lowest BCUT2D eigenvalue weighted by Crippen LogP contribution is -2.26. The van der Waals surface area contributed by atoms with Crippen molar-refractivity contribution in [1.29, 1.82) is 0 Å². The van der Waals surface area contributed by atoms with Gasteiger partial charge in [0, 0.05) is 0 Å². The van der Waals surface area contributed by atoms with Crippen LogP contribution in [0.2, 0.25) is 0 Å². The molecule has 0 saturated heterocycles. The summed E-state index contributed by atoms with van der Waals surface area (Å²) in [6.45, 7) is -0.112. The minimum atomic E-state index is -5.22. The van der Waals surface area contributed by atoms with E-state index in [2.05, 4.69) is 14.5 Å². The third-order valence-corrected chi connectivity index (χ3v) is 3.02. The van der Waals surface area contributed by atoms with Gasteiger partial charge in [0.25, 0.3) is 0 Å². The van der Waals surface area contributed by atoms with Gasteiger partial charge in [-0.25, -0.2) is 4.79 Å². The van der Waals surface area contributed by atoms with E-state index in [1.165, 1.54) is 0 Å². The lowest BCUT2D eigenvalue weighted by atomic mass is 10.1. The lowest BCUT2D eigenvalue weighted by molar-refractivity contribution is -0.140. The highest BCUT2D eigenvalue weighted by atomic mass is 19.4. The molecule has 0 fully saturated rings. The largest absolute Gasteiger partial charge is 0.504 e. The molecule has 1 aromatic rings. The number of aliphatic hydroxyl groups excluding tert-OH is 1. The average molecular weight is 359 g/mol. The summed E-state index contributed by atoms with van der Waals surface area (Å²) in [5.41, 5.74) is -1.19. The Hall–Kier alpha value is -2.84. The third kappa shape index (κ3) is 5.94. The van der Waals surface area contributed by atoms with Crippen molar-refractivity contribution < 1.29 is 37.3 Å². The molecule has 0 spiro atoms. The number of benzene rings is 1. The highest BCUT2D eigenvalue weighted by Crippen LogP contribution is 2.28. The van der Waals surface area contributed by atoms with Gasteiger partial charge >= 0.3 is 18.1 Å². The number of nitrogens with zero attached hydrogens (tertiary/aromatic N) is 1. The minimum Gasteiger partial charge on any atom is -0.504 e. The molecule has 0 radical (unpaired) electrons. The highest BCUT2D eigenvalue weighted by molar-refractivity contribution is 6.23. The van der Waals surface area contributed by atoms with Crippen LogP contribution in [0.3, 0.4) is 0 Å². The predicted molar refractivity (Wildman–Crippen MR) is 81.9 cm³/mol. The number of carbonyl (C=O) groups is 2. The van der Waals surface area contributed by atoms with Crippen LogP contribution in [0.15, 0.2) is 46.7 Å². The summed E-state index contributed by atoms with van der Waals surface area (Å²) in [6.07, 6.45) is -5.96. The molecule has 1 rings (SSSR count). The Morgan fingerprint density at radius 3 is 2.20 bits per heavy atom. The minimum absolute atomic E-state index is 0.112. The molecule has 0 saturated carbocycles. The Labute approximate surface area is 141 Å². The monoisotopic (exact) mass is 359 g/mol. The van der Waals surface area contributed by atoms with Crippen LogP contribution >= 0.6 is 0 Å². The number of aliphatic imine (C=N–C) groups is 1. The Morgan fingerprint density at radius 2 is 1.72 bits per heavy atom. The summed E-state index contributed by atoms with van der Waals surface area (Å²) in [5, 5.41) is 9.42. The van der Waals surface area contributed by atoms with Crippen molar-refractivity contribution in [1.82, 2.24) is 0 Å². The van der Waals surface area contributed by atoms with E-state index < -0.39 is 41.6 Å². The smallest absolute Gasteiger partial charge is 0.449 e. The van der Waals surface area contributed by atoms with Crippen LogP contribution in [0, 0.1) is 0 Å². The van der Waals surface area contributed by atoms with Crippen LogP contribution in [0.5, 0.6) is 0 Å². The zero-order valence-corrected chi connectivity index (χ0v) is 13.5. The summed E-state index contributed by atoms with van der Waals surface area (Å²) < 4.78 is 47.2. The van der Waals surface area contributed by atoms with Crippen molar-refractivity contribution in [2.45, 2.75) is 19.1 Å². The summed E-state index contributed by atoms with van der Waals surface area (Å²) in [5.74, 6) is -4.58. The molecule has 1 N–H and O–H groups in total. The van der Waals surface area contributed by atoms with Gasteiger partial charge in [-0.1, -0.05) is 30.3 Å². The zero-order valence-electron chi connectivity index (χ0n) is 13.5. The van der Waals surface area contributed by atoms with Gasteiger partial charge in [0.15, 0.2) is 0 Å². The van der Waals surface area contributed by atoms with Crippen molar-refractivity contribution >= 4 is 17.7 Å². The van der Waals surface area contributed by atoms with Crippen LogP contribution in [-0.4, -0.2) is 43.2 Å². The number of hydrogen-bond donors (Lipinski definition) is 1. The molecule has 1 aromatic carbocycles. The van der Waals surface area contributed by atoms with Crippen molar-refractivity contribution in [2.75, 3.05) is 14.2 Å². The van der Waals surface area contributed by atoms with Crippen molar-refractivity contribution in [3.8, 4) is 0 Å². The zero-order chi connectivity index (χ0) is 19.0. The molecule has 0 atom stereocenters. The van der Waals surface area contributed by atoms with Gasteiger partial charge in [-0.3, -0.25) is 9.79 Å². The first-order chi connectivity index (χ1) is 11.7. The van der Waals surface area contributed by atoms with Crippen LogP contribution in [0.1, 0.15) is 12.0 Å². The van der Waals surface area contributed by atoms with E-state index in [4.69, 9.17) is 0 Å². The van der Waals surface area contributed by atoms with Crippen molar-refractivity contribution in [3.05, 3.63) is 47.2 Å². The maximum atomic E-state index is 12.9. The van der Waals surface area contributed by atoms with Gasteiger partial charge in [-0.05, 0) is 5.56 Å². The van der Waals surface area contributed by atoms with Crippen LogP contribution in [0.25, 0.3) is 0 Å². The van der Waals surface area contributed by atoms with Crippen molar-refractivity contribution in [2.24, 2.45) is 4.99 Å². The van der Waals surface area contributed by atoms with Crippen molar-refractivity contribution in [3.63, 3.8) is 0 Å². The third-order valence-electron chi connectivity index (χ3n) is 3.02. The summed E-state index contributed by atoms with van der Waals surface area (Å²) in [7, 11) is 1.88. The fourth-order valence-corrected chi connectivity index (χ4v) is 1.80. The maximum absolute atomic E-state index is 12.9. The Morgan fingerprint density at radius 1 is 1.12 bits per heavy atom. The second-order valence-electron chi connectivity index (χ2n) is 4.71. The molecular formula is C16H16F3NO5. The highest BCUT2D eigenvalue weighted by Gasteiger charge is 2.41. The summed E-state index contributed by atoms with van der Waals surface area (Å²) in [6, 6.07) is 8.43. The fourth-order valence-electron chi connectivity index (χ4n) is 1.80. The molecule has 136 valence electrons. The number of methoxy groups -OCH3 is 2. The van der Waals surface area contributed by atoms with Gasteiger partial charge in [-0.2, -0.15) is 13.2 Å². The number of halogens is 3. The molecule has 0 aromatic heterocycles. The Kier molecular flexibility index (Phi) is 7.16. The summed E-state index contributed by atoms with van der Waals surface area (Å²) >= 11 is 0. The first-order valence-corrected chi connectivity index (χ1v) is 6.93. The van der Waals surface area contributed by atoms with E-state index >= 15 is 0 Å². The molecular weight excluding hydrogens is 343 g/mol. The predicted octanol–water partition coefficient (Wildman–Crippen LogP) is 2.74. The van der Waals surface area contributed by atoms with E-state index in [1.54, 1.807) is 30.3 Å². The number of allylic oxidation sites excluding steroid dienone is 1. The van der Waals surface area contributed by atoms with Gasteiger partial charge in [-0.15, -0.1) is 0 Å². The van der Waals surface area contributed by atoms with Gasteiger partial charge in [0.05, 0.1) is 32.9 Å². The van der Waals surface area contributed by atoms with E-state index in [0.29, 0.717) is 5.56 Å². The number of ether oxygens (including phenoxy) is 2. The topological polar surface area (TPSA) is 85.2 Å². The first kappa shape index (κ1) is 20.2. The Bertz CT molecular complexity index is 681. The quantitative estimate of drug-likeness (QED) is 0.365. The standard InChI is InChI=1S/C16H16F3NO5/c1-24-12(21)8-11(20-9-10-6-4-3-5-7-10)13(15(23)25-2)14(22)16(17,18)19/h3-7,22H,8-9H2,1-2H3. The van der Waals surface area contributed by atoms with E-state index in [1.807, 2.05) is 0 Å². The van der Waals surface area contributed by atoms with Gasteiger partial charge in [0.2, 0.25) is 5.76 Å². The van der Waals surface area contributed by atoms with E-state index in [9.17, 15) is 27.9 Å². The molecule has 0 bridgehead atoms. The lowest BCUT2D eigenvalue weighted by Gasteiger charge is -2.13. The van der Waals surface area contributed by atoms with Gasteiger partial charge in [0.1, 0.15) is 5.57 Å². The first-order valence-electron chi connectivity index (χ1n) is 6.93. The number of rotatable bonds is 6. The number of hydrogen-bond acceptors (Lipinski definition) is 6. The van der Waals surface area contributed by atoms with Gasteiger partial charge < -0.3 is 14.6 Å². The molecule has 0 aliphatic rings. The van der Waals surface area contributed by atoms with E-state index in [0.717, 1.165) is 14.2 Å². The molecule has 0 aliphatic carbocycles. The SMILES string of the molecule is COC(=O)CC(=NCc1ccccc1)C(C(=O)OC)=C(O)C(F)(F)F. The number of esters is 2. The second kappa shape index (κ2) is 8.86. The molecule has 25 heavy (non-hydrogen) atoms. The second-order valence-corrected chi connectivity index (χ2v) is 4.71. The Balaban J connectivity index is 3.39. The number of alkyl halides is 3. The van der Waals surface area contributed by atoms with Crippen LogP contribution < -0.4 is 0 Å². The molecule has 9 heteroatoms. The fraction of sp³-hybridized carbons (Fsp3) is 0.312. The molecule has 0 heterocycles. The molecule has 0 amide bonds. The average Bonchev–Trinajstić information content (AvgIpc) is 2.59.